The van der Waals surface area contributed by atoms with E-state index in [0.29, 0.717) is 17.8 Å². The number of primary amides is 1. The first kappa shape index (κ1) is 11.7. The summed E-state index contributed by atoms with van der Waals surface area (Å²) < 4.78 is 0. The maximum atomic E-state index is 11.0. The second kappa shape index (κ2) is 4.63. The van der Waals surface area contributed by atoms with Gasteiger partial charge in [-0.15, -0.1) is 0 Å². The van der Waals surface area contributed by atoms with E-state index >= 15 is 0 Å². The number of rotatable bonds is 2. The number of anilines is 2. The highest BCUT2D eigenvalue weighted by Crippen LogP contribution is 2.27. The average molecular weight is 235 g/mol. The van der Waals surface area contributed by atoms with Crippen molar-refractivity contribution in [1.29, 1.82) is 0 Å². The molecule has 1 saturated heterocycles. The fourth-order valence-electron chi connectivity index (χ4n) is 2.17. The molecule has 1 aliphatic heterocycles. The number of carbonyl (C=O) groups excluding carboxylic acids is 1. The van der Waals surface area contributed by atoms with E-state index in [1.165, 1.54) is 0 Å². The van der Waals surface area contributed by atoms with Crippen LogP contribution in [0.15, 0.2) is 18.2 Å². The predicted molar refractivity (Wildman–Crippen MR) is 66.8 cm³/mol. The number of piperidine rings is 1. The number of benzene rings is 1. The monoisotopic (exact) mass is 235 g/mol. The third-order valence-corrected chi connectivity index (χ3v) is 3.05. The smallest absolute Gasteiger partial charge is 0.248 e. The number of hydrogen-bond donors (Lipinski definition) is 3. The third-order valence-electron chi connectivity index (χ3n) is 3.05. The Bertz CT molecular complexity index is 434. The van der Waals surface area contributed by atoms with Crippen LogP contribution in [0.3, 0.4) is 0 Å². The normalized spacial score (nSPS) is 20.3. The van der Waals surface area contributed by atoms with Crippen LogP contribution in [-0.4, -0.2) is 30.2 Å². The number of nitrogens with two attached hydrogens (primary N) is 2. The van der Waals surface area contributed by atoms with Gasteiger partial charge in [-0.2, -0.15) is 0 Å². The number of aliphatic hydroxyl groups is 1. The third kappa shape index (κ3) is 2.50. The Balaban J connectivity index is 2.23. The molecule has 5 heteroatoms. The van der Waals surface area contributed by atoms with Crippen LogP contribution in [-0.2, 0) is 0 Å². The van der Waals surface area contributed by atoms with E-state index in [1.54, 1.807) is 18.2 Å². The van der Waals surface area contributed by atoms with Gasteiger partial charge in [0.1, 0.15) is 0 Å². The predicted octanol–water partition coefficient (Wildman–Crippen LogP) is 0.329. The van der Waals surface area contributed by atoms with Crippen LogP contribution in [0.1, 0.15) is 23.2 Å². The van der Waals surface area contributed by atoms with Gasteiger partial charge in [0.05, 0.1) is 17.5 Å². The lowest BCUT2D eigenvalue weighted by Gasteiger charge is -2.32. The van der Waals surface area contributed by atoms with Gasteiger partial charge in [-0.25, -0.2) is 0 Å². The van der Waals surface area contributed by atoms with Crippen molar-refractivity contribution in [3.05, 3.63) is 23.8 Å². The fourth-order valence-corrected chi connectivity index (χ4v) is 2.17. The molecule has 5 N–H and O–H groups in total. The number of amides is 1. The second-order valence-electron chi connectivity index (χ2n) is 4.38. The summed E-state index contributed by atoms with van der Waals surface area (Å²) in [6, 6.07) is 5.03. The van der Waals surface area contributed by atoms with Crippen molar-refractivity contribution in [2.75, 3.05) is 23.7 Å². The number of hydrogen-bond acceptors (Lipinski definition) is 4. The molecule has 2 rings (SSSR count). The van der Waals surface area contributed by atoms with E-state index in [4.69, 9.17) is 11.5 Å². The molecule has 17 heavy (non-hydrogen) atoms. The summed E-state index contributed by atoms with van der Waals surface area (Å²) >= 11 is 0. The molecule has 0 aromatic heterocycles. The van der Waals surface area contributed by atoms with Gasteiger partial charge >= 0.3 is 0 Å². The van der Waals surface area contributed by atoms with E-state index in [1.807, 2.05) is 4.90 Å². The molecule has 0 saturated carbocycles. The topological polar surface area (TPSA) is 92.6 Å². The molecule has 0 spiro atoms. The van der Waals surface area contributed by atoms with Gasteiger partial charge in [0.2, 0.25) is 5.91 Å². The SMILES string of the molecule is NC(=O)c1ccc(N2CCCC(O)C2)c(N)c1. The minimum atomic E-state index is -0.484. The Kier molecular flexibility index (Phi) is 3.19. The lowest BCUT2D eigenvalue weighted by Crippen LogP contribution is -2.38. The minimum absolute atomic E-state index is 0.307. The first-order valence-corrected chi connectivity index (χ1v) is 5.70. The molecule has 92 valence electrons. The fraction of sp³-hybridized carbons (Fsp3) is 0.417. The lowest BCUT2D eigenvalue weighted by atomic mass is 10.1. The molecule has 0 aliphatic carbocycles. The summed E-state index contributed by atoms with van der Waals surface area (Å²) in [5.41, 5.74) is 12.9. The van der Waals surface area contributed by atoms with Gasteiger partial charge in [-0.1, -0.05) is 0 Å². The van der Waals surface area contributed by atoms with Crippen molar-refractivity contribution in [3.8, 4) is 0 Å². The Hall–Kier alpha value is -1.75. The molecule has 1 aromatic carbocycles. The molecule has 0 radical (unpaired) electrons. The zero-order valence-electron chi connectivity index (χ0n) is 9.60. The Morgan fingerprint density at radius 3 is 2.82 bits per heavy atom. The molecule has 1 aliphatic rings. The van der Waals surface area contributed by atoms with Crippen molar-refractivity contribution in [2.45, 2.75) is 18.9 Å². The summed E-state index contributed by atoms with van der Waals surface area (Å²) in [5, 5.41) is 9.62. The molecule has 1 unspecified atom stereocenters. The first-order valence-electron chi connectivity index (χ1n) is 5.70. The summed E-state index contributed by atoms with van der Waals surface area (Å²) in [7, 11) is 0. The van der Waals surface area contributed by atoms with Gasteiger partial charge in [-0.3, -0.25) is 4.79 Å². The van der Waals surface area contributed by atoms with Gasteiger partial charge in [0, 0.05) is 18.7 Å². The lowest BCUT2D eigenvalue weighted by molar-refractivity contribution is 0.1000. The summed E-state index contributed by atoms with van der Waals surface area (Å²) in [4.78, 5) is 13.0. The van der Waals surface area contributed by atoms with Crippen molar-refractivity contribution < 1.29 is 9.90 Å². The summed E-state index contributed by atoms with van der Waals surface area (Å²) in [5.74, 6) is -0.484. The van der Waals surface area contributed by atoms with Gasteiger partial charge < -0.3 is 21.5 Å². The van der Waals surface area contributed by atoms with Crippen LogP contribution in [0.4, 0.5) is 11.4 Å². The van der Waals surface area contributed by atoms with E-state index in [2.05, 4.69) is 0 Å². The number of aliphatic hydroxyl groups excluding tert-OH is 1. The molecular formula is C12H17N3O2. The summed E-state index contributed by atoms with van der Waals surface area (Å²) in [6.07, 6.45) is 1.47. The van der Waals surface area contributed by atoms with Gasteiger partial charge in [-0.05, 0) is 31.0 Å². The van der Waals surface area contributed by atoms with Crippen LogP contribution in [0.5, 0.6) is 0 Å². The average Bonchev–Trinajstić information content (AvgIpc) is 2.28. The molecule has 1 heterocycles. The molecule has 1 atom stereocenters. The zero-order chi connectivity index (χ0) is 12.4. The van der Waals surface area contributed by atoms with E-state index < -0.39 is 5.91 Å². The van der Waals surface area contributed by atoms with Crippen molar-refractivity contribution in [3.63, 3.8) is 0 Å². The second-order valence-corrected chi connectivity index (χ2v) is 4.38. The quantitative estimate of drug-likeness (QED) is 0.644. The largest absolute Gasteiger partial charge is 0.397 e. The number of nitrogen functional groups attached to an aromatic ring is 1. The highest BCUT2D eigenvalue weighted by molar-refractivity contribution is 5.94. The standard InChI is InChI=1S/C12H17N3O2/c13-10-6-8(12(14)17)3-4-11(10)15-5-1-2-9(16)7-15/h3-4,6,9,16H,1-2,5,7,13H2,(H2,14,17). The molecule has 1 fully saturated rings. The Labute approximate surface area is 100 Å². The van der Waals surface area contributed by atoms with Crippen LogP contribution < -0.4 is 16.4 Å². The van der Waals surface area contributed by atoms with Crippen LogP contribution in [0.25, 0.3) is 0 Å². The molecular weight excluding hydrogens is 218 g/mol. The minimum Gasteiger partial charge on any atom is -0.397 e. The summed E-state index contributed by atoms with van der Waals surface area (Å²) in [6.45, 7) is 1.46. The highest BCUT2D eigenvalue weighted by Gasteiger charge is 2.19. The van der Waals surface area contributed by atoms with Crippen LogP contribution >= 0.6 is 0 Å². The Morgan fingerprint density at radius 2 is 2.24 bits per heavy atom. The van der Waals surface area contributed by atoms with E-state index in [0.717, 1.165) is 25.1 Å². The number of carbonyl (C=O) groups is 1. The van der Waals surface area contributed by atoms with Crippen molar-refractivity contribution >= 4 is 17.3 Å². The molecule has 1 aromatic rings. The first-order chi connectivity index (χ1) is 8.08. The Morgan fingerprint density at radius 1 is 1.47 bits per heavy atom. The van der Waals surface area contributed by atoms with Gasteiger partial charge in [0.15, 0.2) is 0 Å². The highest BCUT2D eigenvalue weighted by atomic mass is 16.3. The number of β-amino-alcohol motifs (C(OH)–C–C–N with tert-alkyl or cyclic N) is 1. The molecule has 1 amide bonds. The van der Waals surface area contributed by atoms with E-state index in [-0.39, 0.29) is 6.10 Å². The van der Waals surface area contributed by atoms with Crippen molar-refractivity contribution in [2.24, 2.45) is 5.73 Å². The molecule has 5 nitrogen and oxygen atoms in total. The maximum absolute atomic E-state index is 11.0. The maximum Gasteiger partial charge on any atom is 0.248 e. The van der Waals surface area contributed by atoms with Crippen molar-refractivity contribution in [1.82, 2.24) is 0 Å². The molecule has 0 bridgehead atoms. The number of nitrogens with zero attached hydrogens (tertiary/aromatic N) is 1. The van der Waals surface area contributed by atoms with E-state index in [9.17, 15) is 9.90 Å². The zero-order valence-corrected chi connectivity index (χ0v) is 9.60. The van der Waals surface area contributed by atoms with Gasteiger partial charge in [0.25, 0.3) is 0 Å². The van der Waals surface area contributed by atoms with Crippen LogP contribution in [0, 0.1) is 0 Å². The van der Waals surface area contributed by atoms with Crippen LogP contribution in [0.2, 0.25) is 0 Å².